The van der Waals surface area contributed by atoms with Gasteiger partial charge in [-0.3, -0.25) is 0 Å². The zero-order valence-corrected chi connectivity index (χ0v) is 5.97. The summed E-state index contributed by atoms with van der Waals surface area (Å²) in [5, 5.41) is 0. The van der Waals surface area contributed by atoms with Gasteiger partial charge in [0.1, 0.15) is 5.82 Å². The standard InChI is InChI=1S/C9H10F/c1-7(2)8-4-3-5-9(10)6-8/h3-7H,1H2,2H3. The number of benzene rings is 1. The number of hydrogen-bond donors (Lipinski definition) is 0. The van der Waals surface area contributed by atoms with Crippen molar-refractivity contribution >= 4 is 0 Å². The average Bonchev–Trinajstić information content (AvgIpc) is 1.88. The highest BCUT2D eigenvalue weighted by Crippen LogP contribution is 2.13. The van der Waals surface area contributed by atoms with Crippen LogP contribution in [0, 0.1) is 12.7 Å². The van der Waals surface area contributed by atoms with Crippen molar-refractivity contribution in [3.05, 3.63) is 42.6 Å². The van der Waals surface area contributed by atoms with Gasteiger partial charge >= 0.3 is 0 Å². The molecule has 53 valence electrons. The summed E-state index contributed by atoms with van der Waals surface area (Å²) >= 11 is 0. The normalized spacial score (nSPS) is 10.4. The van der Waals surface area contributed by atoms with Gasteiger partial charge in [0.05, 0.1) is 0 Å². The number of rotatable bonds is 1. The predicted octanol–water partition coefficient (Wildman–Crippen LogP) is 2.76. The molecular formula is C9H10F. The van der Waals surface area contributed by atoms with Gasteiger partial charge in [-0.05, 0) is 30.5 Å². The fourth-order valence-electron chi connectivity index (χ4n) is 0.813. The maximum absolute atomic E-state index is 12.5. The van der Waals surface area contributed by atoms with E-state index in [1.807, 2.05) is 13.0 Å². The Labute approximate surface area is 60.7 Å². The first-order valence-electron chi connectivity index (χ1n) is 3.28. The van der Waals surface area contributed by atoms with Crippen LogP contribution >= 0.6 is 0 Å². The highest BCUT2D eigenvalue weighted by atomic mass is 19.1. The summed E-state index contributed by atoms with van der Waals surface area (Å²) in [6.45, 7) is 5.72. The molecule has 0 bridgehead atoms. The molecule has 0 fully saturated rings. The van der Waals surface area contributed by atoms with Crippen molar-refractivity contribution in [2.24, 2.45) is 0 Å². The first kappa shape index (κ1) is 7.26. The fourth-order valence-corrected chi connectivity index (χ4v) is 0.813. The van der Waals surface area contributed by atoms with Crippen LogP contribution in [-0.4, -0.2) is 0 Å². The lowest BCUT2D eigenvalue weighted by atomic mass is 10.0. The average molecular weight is 137 g/mol. The smallest absolute Gasteiger partial charge is 0.123 e. The Morgan fingerprint density at radius 3 is 2.60 bits per heavy atom. The minimum Gasteiger partial charge on any atom is -0.207 e. The molecule has 1 heteroatoms. The van der Waals surface area contributed by atoms with Gasteiger partial charge in [-0.1, -0.05) is 19.1 Å². The van der Waals surface area contributed by atoms with Gasteiger partial charge in [0.15, 0.2) is 0 Å². The lowest BCUT2D eigenvalue weighted by molar-refractivity contribution is 0.624. The van der Waals surface area contributed by atoms with Crippen molar-refractivity contribution in [3.63, 3.8) is 0 Å². The van der Waals surface area contributed by atoms with Crippen molar-refractivity contribution in [1.29, 1.82) is 0 Å². The van der Waals surface area contributed by atoms with Gasteiger partial charge in [-0.2, -0.15) is 0 Å². The lowest BCUT2D eigenvalue weighted by Gasteiger charge is -2.02. The molecule has 0 saturated heterocycles. The van der Waals surface area contributed by atoms with Gasteiger partial charge in [0.25, 0.3) is 0 Å². The lowest BCUT2D eigenvalue weighted by Crippen LogP contribution is -1.87. The fraction of sp³-hybridized carbons (Fsp3) is 0.222. The van der Waals surface area contributed by atoms with Crippen LogP contribution in [0.1, 0.15) is 18.4 Å². The second kappa shape index (κ2) is 2.82. The summed E-state index contributed by atoms with van der Waals surface area (Å²) in [7, 11) is 0. The van der Waals surface area contributed by atoms with E-state index in [9.17, 15) is 4.39 Å². The first-order valence-corrected chi connectivity index (χ1v) is 3.28. The SMILES string of the molecule is [CH2]C(C)c1cccc(F)c1. The Balaban J connectivity index is 2.96. The molecule has 0 saturated carbocycles. The molecule has 10 heavy (non-hydrogen) atoms. The predicted molar refractivity (Wildman–Crippen MR) is 40.2 cm³/mol. The van der Waals surface area contributed by atoms with E-state index >= 15 is 0 Å². The van der Waals surface area contributed by atoms with Crippen LogP contribution in [0.25, 0.3) is 0 Å². The molecule has 0 aliphatic carbocycles. The van der Waals surface area contributed by atoms with Crippen LogP contribution in [0.15, 0.2) is 24.3 Å². The van der Waals surface area contributed by atoms with E-state index in [2.05, 4.69) is 6.92 Å². The molecule has 1 aromatic rings. The monoisotopic (exact) mass is 137 g/mol. The van der Waals surface area contributed by atoms with Crippen molar-refractivity contribution < 1.29 is 4.39 Å². The van der Waals surface area contributed by atoms with Crippen LogP contribution in [0.3, 0.4) is 0 Å². The minimum absolute atomic E-state index is 0.163. The van der Waals surface area contributed by atoms with Crippen molar-refractivity contribution in [3.8, 4) is 0 Å². The third kappa shape index (κ3) is 1.56. The van der Waals surface area contributed by atoms with Crippen LogP contribution in [0.2, 0.25) is 0 Å². The summed E-state index contributed by atoms with van der Waals surface area (Å²) in [5.74, 6) is -0.0244. The quantitative estimate of drug-likeness (QED) is 0.558. The maximum atomic E-state index is 12.5. The topological polar surface area (TPSA) is 0 Å². The van der Waals surface area contributed by atoms with Crippen LogP contribution < -0.4 is 0 Å². The Hall–Kier alpha value is -0.850. The van der Waals surface area contributed by atoms with Gasteiger partial charge in [0.2, 0.25) is 0 Å². The molecule has 0 N–H and O–H groups in total. The molecule has 0 aliphatic heterocycles. The number of halogens is 1. The number of hydrogen-bond acceptors (Lipinski definition) is 0. The van der Waals surface area contributed by atoms with E-state index < -0.39 is 0 Å². The van der Waals surface area contributed by atoms with E-state index in [-0.39, 0.29) is 11.7 Å². The summed E-state index contributed by atoms with van der Waals surface area (Å²) in [6.07, 6.45) is 0. The van der Waals surface area contributed by atoms with Gasteiger partial charge in [0, 0.05) is 0 Å². The zero-order chi connectivity index (χ0) is 7.56. The molecule has 0 nitrogen and oxygen atoms in total. The van der Waals surface area contributed by atoms with Crippen molar-refractivity contribution in [2.45, 2.75) is 12.8 Å². The minimum atomic E-state index is -0.187. The van der Waals surface area contributed by atoms with Crippen LogP contribution in [0.4, 0.5) is 4.39 Å². The van der Waals surface area contributed by atoms with Crippen molar-refractivity contribution in [2.75, 3.05) is 0 Å². The van der Waals surface area contributed by atoms with Crippen LogP contribution in [-0.2, 0) is 0 Å². The molecule has 1 radical (unpaired) electrons. The van der Waals surface area contributed by atoms with Crippen LogP contribution in [0.5, 0.6) is 0 Å². The van der Waals surface area contributed by atoms with Crippen molar-refractivity contribution in [1.82, 2.24) is 0 Å². The second-order valence-electron chi connectivity index (χ2n) is 2.46. The molecule has 1 aromatic carbocycles. The largest absolute Gasteiger partial charge is 0.207 e. The highest BCUT2D eigenvalue weighted by molar-refractivity contribution is 5.20. The third-order valence-electron chi connectivity index (χ3n) is 1.42. The first-order chi connectivity index (χ1) is 4.70. The zero-order valence-electron chi connectivity index (χ0n) is 5.97. The molecule has 1 unspecified atom stereocenters. The molecule has 0 spiro atoms. The molecule has 0 heterocycles. The Bertz CT molecular complexity index is 216. The van der Waals surface area contributed by atoms with Gasteiger partial charge < -0.3 is 0 Å². The molecule has 1 rings (SSSR count). The summed E-state index contributed by atoms with van der Waals surface area (Å²) in [6, 6.07) is 6.52. The third-order valence-corrected chi connectivity index (χ3v) is 1.42. The second-order valence-corrected chi connectivity index (χ2v) is 2.46. The van der Waals surface area contributed by atoms with Gasteiger partial charge in [-0.15, -0.1) is 0 Å². The molecule has 0 aromatic heterocycles. The van der Waals surface area contributed by atoms with E-state index in [1.165, 1.54) is 12.1 Å². The summed E-state index contributed by atoms with van der Waals surface area (Å²) in [4.78, 5) is 0. The van der Waals surface area contributed by atoms with E-state index in [0.717, 1.165) is 5.56 Å². The molecular weight excluding hydrogens is 127 g/mol. The van der Waals surface area contributed by atoms with E-state index in [1.54, 1.807) is 6.07 Å². The highest BCUT2D eigenvalue weighted by Gasteiger charge is 1.98. The Kier molecular flexibility index (Phi) is 2.05. The molecule has 0 aliphatic rings. The summed E-state index contributed by atoms with van der Waals surface area (Å²) < 4.78 is 12.5. The molecule has 1 atom stereocenters. The van der Waals surface area contributed by atoms with E-state index in [0.29, 0.717) is 0 Å². The maximum Gasteiger partial charge on any atom is 0.123 e. The molecule has 0 amide bonds. The Morgan fingerprint density at radius 2 is 2.20 bits per heavy atom. The Morgan fingerprint density at radius 1 is 1.50 bits per heavy atom. The van der Waals surface area contributed by atoms with E-state index in [4.69, 9.17) is 0 Å². The van der Waals surface area contributed by atoms with Gasteiger partial charge in [-0.25, -0.2) is 4.39 Å². The summed E-state index contributed by atoms with van der Waals surface area (Å²) in [5.41, 5.74) is 0.944.